The average molecular weight is 485 g/mol. The second-order valence-electron chi connectivity index (χ2n) is 4.88. The minimum atomic E-state index is -0.494. The van der Waals surface area contributed by atoms with Crippen molar-refractivity contribution in [3.05, 3.63) is 61.5 Å². The Kier molecular flexibility index (Phi) is 7.06. The topological polar surface area (TPSA) is 62.1 Å². The SMILES string of the molecule is CCOc1c(Cl)cc(/C=C(/C#N)C(=O)Nc2ccc(Br)cc2)cc1Br. The van der Waals surface area contributed by atoms with E-state index in [1.165, 1.54) is 6.08 Å². The van der Waals surface area contributed by atoms with Gasteiger partial charge in [-0.3, -0.25) is 4.79 Å². The zero-order valence-electron chi connectivity index (χ0n) is 13.1. The molecule has 1 amide bonds. The number of benzene rings is 2. The van der Waals surface area contributed by atoms with Crippen molar-refractivity contribution >= 4 is 61.1 Å². The van der Waals surface area contributed by atoms with Crippen molar-refractivity contribution in [2.75, 3.05) is 11.9 Å². The van der Waals surface area contributed by atoms with Gasteiger partial charge in [-0.25, -0.2) is 0 Å². The molecule has 0 bridgehead atoms. The van der Waals surface area contributed by atoms with Crippen LogP contribution >= 0.6 is 43.5 Å². The fourth-order valence-corrected chi connectivity index (χ4v) is 3.25. The summed E-state index contributed by atoms with van der Waals surface area (Å²) >= 11 is 12.9. The largest absolute Gasteiger partial charge is 0.491 e. The molecule has 0 heterocycles. The summed E-state index contributed by atoms with van der Waals surface area (Å²) in [7, 11) is 0. The van der Waals surface area contributed by atoms with Crippen LogP contribution in [0, 0.1) is 11.3 Å². The molecule has 0 fully saturated rings. The summed E-state index contributed by atoms with van der Waals surface area (Å²) in [6.45, 7) is 2.34. The summed E-state index contributed by atoms with van der Waals surface area (Å²) in [5.74, 6) is 0.0325. The van der Waals surface area contributed by atoms with E-state index in [0.29, 0.717) is 33.1 Å². The van der Waals surface area contributed by atoms with Crippen LogP contribution in [-0.4, -0.2) is 12.5 Å². The summed E-state index contributed by atoms with van der Waals surface area (Å²) in [4.78, 5) is 12.3. The molecule has 128 valence electrons. The lowest BCUT2D eigenvalue weighted by Crippen LogP contribution is -2.13. The molecule has 0 unspecified atom stereocenters. The average Bonchev–Trinajstić information content (AvgIpc) is 2.58. The molecule has 0 saturated carbocycles. The number of nitrogens with one attached hydrogen (secondary N) is 1. The Morgan fingerprint density at radius 1 is 1.32 bits per heavy atom. The van der Waals surface area contributed by atoms with E-state index in [-0.39, 0.29) is 5.57 Å². The zero-order valence-corrected chi connectivity index (χ0v) is 17.1. The van der Waals surface area contributed by atoms with Gasteiger partial charge in [-0.05, 0) is 70.9 Å². The second kappa shape index (κ2) is 9.04. The first-order chi connectivity index (χ1) is 11.9. The van der Waals surface area contributed by atoms with Crippen LogP contribution in [0.1, 0.15) is 12.5 Å². The van der Waals surface area contributed by atoms with Gasteiger partial charge in [-0.2, -0.15) is 5.26 Å². The Hall–Kier alpha value is -1.81. The minimum absolute atomic E-state index is 0.0324. The summed E-state index contributed by atoms with van der Waals surface area (Å²) in [5.41, 5.74) is 1.18. The maximum atomic E-state index is 12.3. The summed E-state index contributed by atoms with van der Waals surface area (Å²) in [6.07, 6.45) is 1.47. The highest BCUT2D eigenvalue weighted by atomic mass is 79.9. The van der Waals surface area contributed by atoms with Gasteiger partial charge in [-0.1, -0.05) is 27.5 Å². The zero-order chi connectivity index (χ0) is 18.4. The van der Waals surface area contributed by atoms with Crippen LogP contribution in [0.5, 0.6) is 5.75 Å². The van der Waals surface area contributed by atoms with Gasteiger partial charge in [-0.15, -0.1) is 0 Å². The Bertz CT molecular complexity index is 835. The van der Waals surface area contributed by atoms with E-state index in [1.807, 2.05) is 13.0 Å². The van der Waals surface area contributed by atoms with Crippen LogP contribution < -0.4 is 10.1 Å². The van der Waals surface area contributed by atoms with Crippen LogP contribution in [0.4, 0.5) is 5.69 Å². The number of carbonyl (C=O) groups is 1. The predicted molar refractivity (Wildman–Crippen MR) is 107 cm³/mol. The van der Waals surface area contributed by atoms with E-state index < -0.39 is 5.91 Å². The monoisotopic (exact) mass is 482 g/mol. The Morgan fingerprint density at radius 2 is 2.00 bits per heavy atom. The third kappa shape index (κ3) is 5.33. The smallest absolute Gasteiger partial charge is 0.266 e. The molecule has 0 radical (unpaired) electrons. The van der Waals surface area contributed by atoms with Crippen molar-refractivity contribution in [2.24, 2.45) is 0 Å². The molecule has 0 aliphatic carbocycles. The molecule has 0 saturated heterocycles. The highest BCUT2D eigenvalue weighted by Crippen LogP contribution is 2.35. The molecule has 25 heavy (non-hydrogen) atoms. The fraction of sp³-hybridized carbons (Fsp3) is 0.111. The van der Waals surface area contributed by atoms with Crippen molar-refractivity contribution < 1.29 is 9.53 Å². The predicted octanol–water partition coefficient (Wildman–Crippen LogP) is 5.81. The molecule has 7 heteroatoms. The molecule has 0 aromatic heterocycles. The first-order valence-corrected chi connectivity index (χ1v) is 9.21. The van der Waals surface area contributed by atoms with E-state index in [0.717, 1.165) is 4.47 Å². The van der Waals surface area contributed by atoms with E-state index >= 15 is 0 Å². The van der Waals surface area contributed by atoms with E-state index in [2.05, 4.69) is 37.2 Å². The van der Waals surface area contributed by atoms with Crippen molar-refractivity contribution in [1.29, 1.82) is 5.26 Å². The number of amides is 1. The number of carbonyl (C=O) groups excluding carboxylic acids is 1. The molecule has 1 N–H and O–H groups in total. The Balaban J connectivity index is 2.26. The first kappa shape index (κ1) is 19.5. The highest BCUT2D eigenvalue weighted by molar-refractivity contribution is 9.10. The van der Waals surface area contributed by atoms with Gasteiger partial charge in [0.05, 0.1) is 16.1 Å². The molecule has 0 aliphatic rings. The van der Waals surface area contributed by atoms with Crippen LogP contribution in [0.15, 0.2) is 50.9 Å². The van der Waals surface area contributed by atoms with Gasteiger partial charge in [0, 0.05) is 10.2 Å². The van der Waals surface area contributed by atoms with Gasteiger partial charge >= 0.3 is 0 Å². The third-order valence-corrected chi connectivity index (χ3v) is 4.49. The molecule has 2 aromatic rings. The van der Waals surface area contributed by atoms with Gasteiger partial charge in [0.25, 0.3) is 5.91 Å². The molecule has 0 spiro atoms. The normalized spacial score (nSPS) is 10.9. The van der Waals surface area contributed by atoms with Gasteiger partial charge in [0.2, 0.25) is 0 Å². The van der Waals surface area contributed by atoms with Crippen molar-refractivity contribution in [1.82, 2.24) is 0 Å². The highest BCUT2D eigenvalue weighted by Gasteiger charge is 2.12. The lowest BCUT2D eigenvalue weighted by Gasteiger charge is -2.09. The molecule has 4 nitrogen and oxygen atoms in total. The lowest BCUT2D eigenvalue weighted by molar-refractivity contribution is -0.112. The van der Waals surface area contributed by atoms with Crippen LogP contribution in [0.3, 0.4) is 0 Å². The van der Waals surface area contributed by atoms with Gasteiger partial charge in [0.1, 0.15) is 11.6 Å². The minimum Gasteiger partial charge on any atom is -0.491 e. The standard InChI is InChI=1S/C18H13Br2ClN2O2/c1-2-25-17-15(20)8-11(9-16(17)21)7-12(10-22)18(24)23-14-5-3-13(19)4-6-14/h3-9H,2H2,1H3,(H,23,24)/b12-7-. The number of hydrogen-bond acceptors (Lipinski definition) is 3. The molecular formula is C18H13Br2ClN2O2. The number of anilines is 1. The fourth-order valence-electron chi connectivity index (χ4n) is 1.99. The van der Waals surface area contributed by atoms with Crippen molar-refractivity contribution in [3.8, 4) is 11.8 Å². The van der Waals surface area contributed by atoms with E-state index in [4.69, 9.17) is 16.3 Å². The molecular weight excluding hydrogens is 471 g/mol. The number of hydrogen-bond donors (Lipinski definition) is 1. The lowest BCUT2D eigenvalue weighted by atomic mass is 10.1. The number of ether oxygens (including phenoxy) is 1. The number of halogens is 3. The van der Waals surface area contributed by atoms with E-state index in [9.17, 15) is 10.1 Å². The van der Waals surface area contributed by atoms with Gasteiger partial charge in [0.15, 0.2) is 5.75 Å². The third-order valence-electron chi connectivity index (χ3n) is 3.09. The van der Waals surface area contributed by atoms with Crippen molar-refractivity contribution in [2.45, 2.75) is 6.92 Å². The molecule has 0 aliphatic heterocycles. The maximum Gasteiger partial charge on any atom is 0.266 e. The maximum absolute atomic E-state index is 12.3. The molecule has 2 rings (SSSR count). The first-order valence-electron chi connectivity index (χ1n) is 7.25. The van der Waals surface area contributed by atoms with Crippen molar-refractivity contribution in [3.63, 3.8) is 0 Å². The van der Waals surface area contributed by atoms with Crippen LogP contribution in [0.2, 0.25) is 5.02 Å². The molecule has 2 aromatic carbocycles. The van der Waals surface area contributed by atoms with Crippen LogP contribution in [0.25, 0.3) is 6.08 Å². The summed E-state index contributed by atoms with van der Waals surface area (Å²) in [6, 6.07) is 12.4. The van der Waals surface area contributed by atoms with Gasteiger partial charge < -0.3 is 10.1 Å². The number of nitrogens with zero attached hydrogens (tertiary/aromatic N) is 1. The number of rotatable bonds is 5. The molecule has 0 atom stereocenters. The quantitative estimate of drug-likeness (QED) is 0.430. The van der Waals surface area contributed by atoms with Crippen LogP contribution in [-0.2, 0) is 4.79 Å². The van der Waals surface area contributed by atoms with E-state index in [1.54, 1.807) is 36.4 Å². The summed E-state index contributed by atoms with van der Waals surface area (Å²) < 4.78 is 6.99. The Morgan fingerprint density at radius 3 is 2.56 bits per heavy atom. The summed E-state index contributed by atoms with van der Waals surface area (Å²) in [5, 5.41) is 12.4. The second-order valence-corrected chi connectivity index (χ2v) is 7.05. The number of nitriles is 1. The Labute approximate surface area is 167 Å².